The van der Waals surface area contributed by atoms with E-state index in [2.05, 4.69) is 0 Å². The summed E-state index contributed by atoms with van der Waals surface area (Å²) in [6.07, 6.45) is 0. The lowest BCUT2D eigenvalue weighted by Crippen LogP contribution is -2.41. The Balaban J connectivity index is 2.87. The number of hydrogen-bond donors (Lipinski definition) is 0. The number of likely N-dealkylation sites (N-methyl/N-ethyl adjacent to an activating group) is 2. The SMILES string of the molecule is CCN(CC)C(=O)CN(C)C(=O)c1ccc(S(=O)(=O)C(F)F)cc1. The number of halogens is 2. The zero-order chi connectivity index (χ0) is 18.5. The zero-order valence-electron chi connectivity index (χ0n) is 13.7. The van der Waals surface area contributed by atoms with Gasteiger partial charge >= 0.3 is 5.76 Å². The van der Waals surface area contributed by atoms with Gasteiger partial charge in [-0.2, -0.15) is 8.78 Å². The second-order valence-electron chi connectivity index (χ2n) is 5.06. The Morgan fingerprint density at radius 3 is 2.00 bits per heavy atom. The van der Waals surface area contributed by atoms with Crippen LogP contribution in [0.2, 0.25) is 0 Å². The van der Waals surface area contributed by atoms with Crippen molar-refractivity contribution >= 4 is 21.7 Å². The first-order valence-electron chi connectivity index (χ1n) is 7.30. The molecule has 0 aliphatic rings. The van der Waals surface area contributed by atoms with E-state index < -0.39 is 26.4 Å². The van der Waals surface area contributed by atoms with E-state index in [0.717, 1.165) is 24.3 Å². The van der Waals surface area contributed by atoms with E-state index in [9.17, 15) is 26.8 Å². The number of sulfone groups is 1. The fourth-order valence-electron chi connectivity index (χ4n) is 2.06. The van der Waals surface area contributed by atoms with Gasteiger partial charge in [0.25, 0.3) is 5.91 Å². The van der Waals surface area contributed by atoms with Crippen LogP contribution >= 0.6 is 0 Å². The molecule has 0 heterocycles. The minimum absolute atomic E-state index is 0.109. The van der Waals surface area contributed by atoms with E-state index in [0.29, 0.717) is 13.1 Å². The molecule has 0 saturated heterocycles. The summed E-state index contributed by atoms with van der Waals surface area (Å²) < 4.78 is 47.6. The van der Waals surface area contributed by atoms with Crippen LogP contribution in [0.1, 0.15) is 24.2 Å². The summed E-state index contributed by atoms with van der Waals surface area (Å²) in [5, 5.41) is 0. The molecule has 0 fully saturated rings. The largest absolute Gasteiger partial charge is 0.342 e. The molecular formula is C15H20F2N2O4S. The lowest BCUT2D eigenvalue weighted by Gasteiger charge is -2.23. The molecule has 0 N–H and O–H groups in total. The highest BCUT2D eigenvalue weighted by atomic mass is 32.2. The molecule has 0 unspecified atom stereocenters. The third kappa shape index (κ3) is 4.50. The number of benzene rings is 1. The van der Waals surface area contributed by atoms with Gasteiger partial charge in [-0.3, -0.25) is 9.59 Å². The van der Waals surface area contributed by atoms with Crippen molar-refractivity contribution in [2.75, 3.05) is 26.7 Å². The summed E-state index contributed by atoms with van der Waals surface area (Å²) in [5.74, 6) is -4.24. The standard InChI is InChI=1S/C15H20F2N2O4S/c1-4-19(5-2)13(20)10-18(3)14(21)11-6-8-12(9-7-11)24(22,23)15(16)17/h6-9,15H,4-5,10H2,1-3H3. The number of carbonyl (C=O) groups is 2. The average molecular weight is 362 g/mol. The molecule has 1 aromatic rings. The Morgan fingerprint density at radius 1 is 1.08 bits per heavy atom. The van der Waals surface area contributed by atoms with Gasteiger partial charge in [-0.25, -0.2) is 8.42 Å². The molecule has 0 radical (unpaired) electrons. The van der Waals surface area contributed by atoms with Crippen molar-refractivity contribution in [3.8, 4) is 0 Å². The third-order valence-electron chi connectivity index (χ3n) is 3.50. The minimum atomic E-state index is -4.70. The van der Waals surface area contributed by atoms with E-state index in [-0.39, 0.29) is 18.0 Å². The predicted molar refractivity (Wildman–Crippen MR) is 84.5 cm³/mol. The molecule has 1 rings (SSSR count). The Hall–Kier alpha value is -2.03. The summed E-state index contributed by atoms with van der Waals surface area (Å²) in [7, 11) is -3.26. The van der Waals surface area contributed by atoms with Gasteiger partial charge in [0, 0.05) is 25.7 Å². The molecular weight excluding hydrogens is 342 g/mol. The number of carbonyl (C=O) groups excluding carboxylic acids is 2. The van der Waals surface area contributed by atoms with Crippen molar-refractivity contribution in [3.05, 3.63) is 29.8 Å². The Bertz CT molecular complexity index is 686. The molecule has 0 spiro atoms. The van der Waals surface area contributed by atoms with Crippen molar-refractivity contribution in [2.45, 2.75) is 24.5 Å². The van der Waals surface area contributed by atoms with Gasteiger partial charge in [-0.1, -0.05) is 0 Å². The molecule has 2 amide bonds. The van der Waals surface area contributed by atoms with Crippen molar-refractivity contribution in [1.82, 2.24) is 9.80 Å². The highest BCUT2D eigenvalue weighted by molar-refractivity contribution is 7.91. The van der Waals surface area contributed by atoms with Crippen LogP contribution < -0.4 is 0 Å². The van der Waals surface area contributed by atoms with E-state index >= 15 is 0 Å². The minimum Gasteiger partial charge on any atom is -0.342 e. The normalized spacial score (nSPS) is 11.4. The van der Waals surface area contributed by atoms with Gasteiger partial charge in [0.2, 0.25) is 15.7 Å². The molecule has 24 heavy (non-hydrogen) atoms. The first-order valence-corrected chi connectivity index (χ1v) is 8.85. The number of amides is 2. The van der Waals surface area contributed by atoms with Crippen LogP contribution in [0.5, 0.6) is 0 Å². The molecule has 0 bridgehead atoms. The van der Waals surface area contributed by atoms with Gasteiger partial charge in [-0.15, -0.1) is 0 Å². The Kier molecular flexibility index (Phi) is 6.82. The van der Waals surface area contributed by atoms with E-state index in [1.807, 2.05) is 13.8 Å². The van der Waals surface area contributed by atoms with Gasteiger partial charge in [0.1, 0.15) is 0 Å². The van der Waals surface area contributed by atoms with Crippen LogP contribution in [-0.4, -0.2) is 62.5 Å². The average Bonchev–Trinajstić information content (AvgIpc) is 2.55. The first kappa shape index (κ1) is 20.0. The van der Waals surface area contributed by atoms with E-state index in [1.54, 1.807) is 4.90 Å². The molecule has 0 aliphatic carbocycles. The number of hydrogen-bond acceptors (Lipinski definition) is 4. The van der Waals surface area contributed by atoms with Crippen LogP contribution in [0.4, 0.5) is 8.78 Å². The Labute approximate surface area is 140 Å². The molecule has 0 atom stereocenters. The molecule has 1 aromatic carbocycles. The molecule has 0 aromatic heterocycles. The fraction of sp³-hybridized carbons (Fsp3) is 0.467. The maximum atomic E-state index is 12.5. The van der Waals surface area contributed by atoms with Crippen LogP contribution in [-0.2, 0) is 14.6 Å². The van der Waals surface area contributed by atoms with Gasteiger partial charge < -0.3 is 9.80 Å². The molecule has 6 nitrogen and oxygen atoms in total. The summed E-state index contributed by atoms with van der Waals surface area (Å²) in [6.45, 7) is 4.57. The summed E-state index contributed by atoms with van der Waals surface area (Å²) in [5.41, 5.74) is 0.109. The van der Waals surface area contributed by atoms with E-state index in [1.165, 1.54) is 11.9 Å². The molecule has 9 heteroatoms. The zero-order valence-corrected chi connectivity index (χ0v) is 14.5. The Morgan fingerprint density at radius 2 is 1.58 bits per heavy atom. The van der Waals surface area contributed by atoms with Crippen LogP contribution in [0.25, 0.3) is 0 Å². The van der Waals surface area contributed by atoms with Gasteiger partial charge in [0.05, 0.1) is 11.4 Å². The van der Waals surface area contributed by atoms with Crippen LogP contribution in [0, 0.1) is 0 Å². The van der Waals surface area contributed by atoms with Crippen molar-refractivity contribution < 1.29 is 26.8 Å². The van der Waals surface area contributed by atoms with Gasteiger partial charge in [-0.05, 0) is 38.1 Å². The number of alkyl halides is 2. The lowest BCUT2D eigenvalue weighted by atomic mass is 10.2. The maximum absolute atomic E-state index is 12.5. The first-order chi connectivity index (χ1) is 11.1. The monoisotopic (exact) mass is 362 g/mol. The van der Waals surface area contributed by atoms with Crippen molar-refractivity contribution in [2.24, 2.45) is 0 Å². The summed E-state index contributed by atoms with van der Waals surface area (Å²) >= 11 is 0. The van der Waals surface area contributed by atoms with Crippen molar-refractivity contribution in [3.63, 3.8) is 0 Å². The highest BCUT2D eigenvalue weighted by Crippen LogP contribution is 2.19. The summed E-state index contributed by atoms with van der Waals surface area (Å²) in [6, 6.07) is 4.20. The van der Waals surface area contributed by atoms with Crippen LogP contribution in [0.15, 0.2) is 29.2 Å². The second kappa shape index (κ2) is 8.18. The lowest BCUT2D eigenvalue weighted by molar-refractivity contribution is -0.131. The van der Waals surface area contributed by atoms with Crippen molar-refractivity contribution in [1.29, 1.82) is 0 Å². The third-order valence-corrected chi connectivity index (χ3v) is 4.90. The smallest absolute Gasteiger partial charge is 0.341 e. The maximum Gasteiger partial charge on any atom is 0.341 e. The molecule has 0 aliphatic heterocycles. The second-order valence-corrected chi connectivity index (χ2v) is 6.98. The van der Waals surface area contributed by atoms with Crippen LogP contribution in [0.3, 0.4) is 0 Å². The summed E-state index contributed by atoms with van der Waals surface area (Å²) in [4.78, 5) is 26.4. The topological polar surface area (TPSA) is 74.8 Å². The predicted octanol–water partition coefficient (Wildman–Crippen LogP) is 1.62. The molecule has 134 valence electrons. The fourth-order valence-corrected chi connectivity index (χ4v) is 2.78. The highest BCUT2D eigenvalue weighted by Gasteiger charge is 2.27. The van der Waals surface area contributed by atoms with Gasteiger partial charge in [0.15, 0.2) is 0 Å². The number of rotatable bonds is 7. The molecule has 0 saturated carbocycles. The quantitative estimate of drug-likeness (QED) is 0.739. The van der Waals surface area contributed by atoms with E-state index in [4.69, 9.17) is 0 Å². The number of nitrogens with zero attached hydrogens (tertiary/aromatic N) is 2.